The molecule has 0 radical (unpaired) electrons. The molecule has 1 atom stereocenters. The maximum absolute atomic E-state index is 6.37. The molecule has 1 unspecified atom stereocenters. The smallest absolute Gasteiger partial charge is 0.0438 e. The Labute approximate surface area is 135 Å². The van der Waals surface area contributed by atoms with Gasteiger partial charge in [0.1, 0.15) is 0 Å². The molecular weight excluding hydrogens is 278 g/mol. The van der Waals surface area contributed by atoms with Crippen molar-refractivity contribution in [2.45, 2.75) is 52.4 Å². The molecule has 0 aromatic heterocycles. The van der Waals surface area contributed by atoms with Crippen LogP contribution in [0, 0.1) is 17.8 Å². The lowest BCUT2D eigenvalue weighted by Gasteiger charge is -2.31. The van der Waals surface area contributed by atoms with Crippen molar-refractivity contribution in [2.75, 3.05) is 13.1 Å². The van der Waals surface area contributed by atoms with E-state index in [-0.39, 0.29) is 0 Å². The standard InChI is InChI=1S/C19H30ClN/c1-15(2)13-21-14-18(16-8-4-3-5-9-16)12-17-10-6-7-11-19(17)20/h6-7,10-11,15-16,18,21H,3-5,8-9,12-14H2,1-2H3. The van der Waals surface area contributed by atoms with E-state index in [0.29, 0.717) is 0 Å². The van der Waals surface area contributed by atoms with Crippen LogP contribution in [0.1, 0.15) is 51.5 Å². The molecule has 118 valence electrons. The first kappa shape index (κ1) is 16.8. The molecule has 0 bridgehead atoms. The highest BCUT2D eigenvalue weighted by molar-refractivity contribution is 6.31. The lowest BCUT2D eigenvalue weighted by Crippen LogP contribution is -2.33. The maximum atomic E-state index is 6.37. The minimum absolute atomic E-state index is 0.720. The number of nitrogens with one attached hydrogen (secondary N) is 1. The topological polar surface area (TPSA) is 12.0 Å². The summed E-state index contributed by atoms with van der Waals surface area (Å²) in [6.07, 6.45) is 8.17. The molecule has 0 aliphatic heterocycles. The quantitative estimate of drug-likeness (QED) is 0.718. The minimum Gasteiger partial charge on any atom is -0.316 e. The van der Waals surface area contributed by atoms with E-state index in [1.54, 1.807) is 0 Å². The second-order valence-electron chi connectivity index (χ2n) is 7.01. The Balaban J connectivity index is 1.98. The van der Waals surface area contributed by atoms with Crippen molar-refractivity contribution in [1.29, 1.82) is 0 Å². The van der Waals surface area contributed by atoms with Crippen molar-refractivity contribution in [3.8, 4) is 0 Å². The molecule has 1 aromatic carbocycles. The van der Waals surface area contributed by atoms with E-state index in [1.807, 2.05) is 12.1 Å². The zero-order valence-corrected chi connectivity index (χ0v) is 14.3. The molecule has 1 aromatic rings. The second-order valence-corrected chi connectivity index (χ2v) is 7.41. The van der Waals surface area contributed by atoms with Crippen LogP contribution >= 0.6 is 11.6 Å². The average molecular weight is 308 g/mol. The first-order valence-corrected chi connectivity index (χ1v) is 8.98. The number of benzene rings is 1. The van der Waals surface area contributed by atoms with Crippen molar-refractivity contribution in [2.24, 2.45) is 17.8 Å². The third-order valence-electron chi connectivity index (χ3n) is 4.72. The van der Waals surface area contributed by atoms with Crippen molar-refractivity contribution in [3.05, 3.63) is 34.9 Å². The lowest BCUT2D eigenvalue weighted by molar-refractivity contribution is 0.238. The van der Waals surface area contributed by atoms with E-state index in [0.717, 1.165) is 42.3 Å². The van der Waals surface area contributed by atoms with Gasteiger partial charge in [-0.2, -0.15) is 0 Å². The Hall–Kier alpha value is -0.530. The van der Waals surface area contributed by atoms with Crippen LogP contribution in [0.2, 0.25) is 5.02 Å². The molecule has 0 heterocycles. The van der Waals surface area contributed by atoms with E-state index in [1.165, 1.54) is 37.7 Å². The molecule has 0 amide bonds. The van der Waals surface area contributed by atoms with Crippen molar-refractivity contribution >= 4 is 11.6 Å². The van der Waals surface area contributed by atoms with Gasteiger partial charge in [-0.3, -0.25) is 0 Å². The molecule has 1 fully saturated rings. The average Bonchev–Trinajstić information content (AvgIpc) is 2.49. The van der Waals surface area contributed by atoms with Gasteiger partial charge in [0.05, 0.1) is 0 Å². The molecule has 1 nitrogen and oxygen atoms in total. The molecule has 1 saturated carbocycles. The van der Waals surface area contributed by atoms with Gasteiger partial charge in [0, 0.05) is 5.02 Å². The van der Waals surface area contributed by atoms with Gasteiger partial charge < -0.3 is 5.32 Å². The van der Waals surface area contributed by atoms with Gasteiger partial charge in [0.25, 0.3) is 0 Å². The molecule has 2 rings (SSSR count). The fourth-order valence-corrected chi connectivity index (χ4v) is 3.73. The summed E-state index contributed by atoms with van der Waals surface area (Å²) in [4.78, 5) is 0. The summed E-state index contributed by atoms with van der Waals surface area (Å²) < 4.78 is 0. The van der Waals surface area contributed by atoms with E-state index >= 15 is 0 Å². The summed E-state index contributed by atoms with van der Waals surface area (Å²) in [5.74, 6) is 2.32. The number of halogens is 1. The summed E-state index contributed by atoms with van der Waals surface area (Å²) in [6.45, 7) is 6.80. The molecule has 0 spiro atoms. The molecule has 0 saturated heterocycles. The van der Waals surface area contributed by atoms with Crippen LogP contribution < -0.4 is 5.32 Å². The lowest BCUT2D eigenvalue weighted by atomic mass is 9.77. The Kier molecular flexibility index (Phi) is 7.06. The summed E-state index contributed by atoms with van der Waals surface area (Å²) in [7, 11) is 0. The predicted octanol–water partition coefficient (Wildman–Crippen LogP) is 5.32. The zero-order valence-electron chi connectivity index (χ0n) is 13.6. The van der Waals surface area contributed by atoms with Crippen molar-refractivity contribution in [3.63, 3.8) is 0 Å². The van der Waals surface area contributed by atoms with E-state index in [9.17, 15) is 0 Å². The largest absolute Gasteiger partial charge is 0.316 e. The predicted molar refractivity (Wildman–Crippen MR) is 92.9 cm³/mol. The molecule has 21 heavy (non-hydrogen) atoms. The Morgan fingerprint density at radius 1 is 1.10 bits per heavy atom. The summed E-state index contributed by atoms with van der Waals surface area (Å²) >= 11 is 6.37. The number of hydrogen-bond acceptors (Lipinski definition) is 1. The maximum Gasteiger partial charge on any atom is 0.0438 e. The van der Waals surface area contributed by atoms with Gasteiger partial charge in [-0.1, -0.05) is 75.8 Å². The molecule has 1 aliphatic carbocycles. The minimum atomic E-state index is 0.720. The van der Waals surface area contributed by atoms with Gasteiger partial charge in [0.15, 0.2) is 0 Å². The summed E-state index contributed by atoms with van der Waals surface area (Å²) in [5.41, 5.74) is 1.32. The highest BCUT2D eigenvalue weighted by atomic mass is 35.5. The normalized spacial score (nSPS) is 18.1. The zero-order chi connectivity index (χ0) is 15.1. The number of rotatable bonds is 7. The van der Waals surface area contributed by atoms with E-state index in [4.69, 9.17) is 11.6 Å². The number of hydrogen-bond donors (Lipinski definition) is 1. The third kappa shape index (κ3) is 5.64. The van der Waals surface area contributed by atoms with Gasteiger partial charge in [0.2, 0.25) is 0 Å². The highest BCUT2D eigenvalue weighted by Gasteiger charge is 2.24. The van der Waals surface area contributed by atoms with Crippen LogP contribution in [0.3, 0.4) is 0 Å². The summed E-state index contributed by atoms with van der Waals surface area (Å²) in [6, 6.07) is 8.36. The SMILES string of the molecule is CC(C)CNCC(Cc1ccccc1Cl)C1CCCCC1. The van der Waals surface area contributed by atoms with E-state index < -0.39 is 0 Å². The van der Waals surface area contributed by atoms with Crippen LogP contribution in [0.4, 0.5) is 0 Å². The van der Waals surface area contributed by atoms with E-state index in [2.05, 4.69) is 31.3 Å². The van der Waals surface area contributed by atoms with Crippen LogP contribution in [0.5, 0.6) is 0 Å². The highest BCUT2D eigenvalue weighted by Crippen LogP contribution is 2.33. The van der Waals surface area contributed by atoms with Crippen molar-refractivity contribution < 1.29 is 0 Å². The van der Waals surface area contributed by atoms with Crippen LogP contribution in [0.25, 0.3) is 0 Å². The van der Waals surface area contributed by atoms with Crippen LogP contribution in [-0.4, -0.2) is 13.1 Å². The molecule has 1 aliphatic rings. The first-order chi connectivity index (χ1) is 10.2. The third-order valence-corrected chi connectivity index (χ3v) is 5.08. The molecule has 1 N–H and O–H groups in total. The Bertz CT molecular complexity index is 410. The summed E-state index contributed by atoms with van der Waals surface area (Å²) in [5, 5.41) is 4.61. The van der Waals surface area contributed by atoms with Gasteiger partial charge in [-0.05, 0) is 48.9 Å². The molecular formula is C19H30ClN. The molecule has 2 heteroatoms. The monoisotopic (exact) mass is 307 g/mol. The first-order valence-electron chi connectivity index (χ1n) is 8.61. The van der Waals surface area contributed by atoms with Crippen molar-refractivity contribution in [1.82, 2.24) is 5.32 Å². The van der Waals surface area contributed by atoms with Gasteiger partial charge in [-0.25, -0.2) is 0 Å². The van der Waals surface area contributed by atoms with Crippen LogP contribution in [0.15, 0.2) is 24.3 Å². The fourth-order valence-electron chi connectivity index (χ4n) is 3.51. The Morgan fingerprint density at radius 3 is 2.48 bits per heavy atom. The fraction of sp³-hybridized carbons (Fsp3) is 0.684. The van der Waals surface area contributed by atoms with Gasteiger partial charge >= 0.3 is 0 Å². The Morgan fingerprint density at radius 2 is 1.81 bits per heavy atom. The van der Waals surface area contributed by atoms with Gasteiger partial charge in [-0.15, -0.1) is 0 Å². The van der Waals surface area contributed by atoms with Crippen LogP contribution in [-0.2, 0) is 6.42 Å². The second kappa shape index (κ2) is 8.80.